The average Bonchev–Trinajstić information content (AvgIpc) is 2.60. The van der Waals surface area contributed by atoms with Crippen molar-refractivity contribution in [1.82, 2.24) is 9.80 Å². The summed E-state index contributed by atoms with van der Waals surface area (Å²) in [4.78, 5) is 28.9. The molecule has 4 heteroatoms. The van der Waals surface area contributed by atoms with Crippen LogP contribution in [0.4, 0.5) is 0 Å². The van der Waals surface area contributed by atoms with Crippen LogP contribution in [0.1, 0.15) is 74.1 Å². The topological polar surface area (TPSA) is 40.6 Å². The molecule has 134 valence electrons. The first-order valence-electron chi connectivity index (χ1n) is 9.27. The Bertz CT molecular complexity index is 452. The van der Waals surface area contributed by atoms with E-state index in [1.54, 1.807) is 24.3 Å². The Kier molecular flexibility index (Phi) is 9.13. The molecule has 0 spiro atoms. The standard InChI is InChI=1S/C20H32N2O2/c1-5-13-21(14-6-2)19(23)17-9-11-18(12-10-17)20(24)22(15-7-3)16-8-4/h9-12H,5-8,13-16H2,1-4H3. The molecule has 4 nitrogen and oxygen atoms in total. The fourth-order valence-electron chi connectivity index (χ4n) is 2.83. The first-order valence-corrected chi connectivity index (χ1v) is 9.27. The van der Waals surface area contributed by atoms with Gasteiger partial charge in [0.15, 0.2) is 0 Å². The summed E-state index contributed by atoms with van der Waals surface area (Å²) in [7, 11) is 0. The first-order chi connectivity index (χ1) is 11.6. The fourth-order valence-corrected chi connectivity index (χ4v) is 2.83. The van der Waals surface area contributed by atoms with Crippen molar-refractivity contribution >= 4 is 11.8 Å². The highest BCUT2D eigenvalue weighted by Gasteiger charge is 2.17. The number of nitrogens with zero attached hydrogens (tertiary/aromatic N) is 2. The molecule has 0 unspecified atom stereocenters. The van der Waals surface area contributed by atoms with Crippen molar-refractivity contribution in [2.45, 2.75) is 53.4 Å². The summed E-state index contributed by atoms with van der Waals surface area (Å²) in [5.41, 5.74) is 1.32. The van der Waals surface area contributed by atoms with Gasteiger partial charge in [-0.3, -0.25) is 9.59 Å². The molecule has 0 saturated carbocycles. The van der Waals surface area contributed by atoms with Crippen LogP contribution in [0.25, 0.3) is 0 Å². The van der Waals surface area contributed by atoms with Gasteiger partial charge in [-0.05, 0) is 49.9 Å². The number of rotatable bonds is 10. The summed E-state index contributed by atoms with van der Waals surface area (Å²) in [5.74, 6) is 0.105. The van der Waals surface area contributed by atoms with Gasteiger partial charge in [0.2, 0.25) is 0 Å². The van der Waals surface area contributed by atoms with Gasteiger partial charge in [-0.2, -0.15) is 0 Å². The van der Waals surface area contributed by atoms with Gasteiger partial charge in [0.05, 0.1) is 0 Å². The second-order valence-electron chi connectivity index (χ2n) is 6.16. The van der Waals surface area contributed by atoms with Crippen LogP contribution in [0.2, 0.25) is 0 Å². The molecule has 0 heterocycles. The van der Waals surface area contributed by atoms with E-state index in [4.69, 9.17) is 0 Å². The monoisotopic (exact) mass is 332 g/mol. The molecular weight excluding hydrogens is 300 g/mol. The van der Waals surface area contributed by atoms with E-state index in [1.807, 2.05) is 9.80 Å². The van der Waals surface area contributed by atoms with Gasteiger partial charge >= 0.3 is 0 Å². The fraction of sp³-hybridized carbons (Fsp3) is 0.600. The highest BCUT2D eigenvalue weighted by atomic mass is 16.2. The molecule has 0 radical (unpaired) electrons. The quantitative estimate of drug-likeness (QED) is 0.644. The second kappa shape index (κ2) is 10.8. The maximum atomic E-state index is 12.6. The Morgan fingerprint density at radius 1 is 0.625 bits per heavy atom. The van der Waals surface area contributed by atoms with Crippen molar-refractivity contribution in [3.05, 3.63) is 35.4 Å². The SMILES string of the molecule is CCCN(CCC)C(=O)c1ccc(C(=O)N(CCC)CCC)cc1. The second-order valence-corrected chi connectivity index (χ2v) is 6.16. The molecular formula is C20H32N2O2. The zero-order valence-corrected chi connectivity index (χ0v) is 15.7. The summed E-state index contributed by atoms with van der Waals surface area (Å²) in [6.07, 6.45) is 3.80. The molecule has 0 bridgehead atoms. The van der Waals surface area contributed by atoms with Gasteiger partial charge in [-0.25, -0.2) is 0 Å². The van der Waals surface area contributed by atoms with Gasteiger partial charge in [-0.1, -0.05) is 27.7 Å². The summed E-state index contributed by atoms with van der Waals surface area (Å²) in [6, 6.07) is 7.13. The van der Waals surface area contributed by atoms with E-state index in [-0.39, 0.29) is 11.8 Å². The smallest absolute Gasteiger partial charge is 0.253 e. The maximum absolute atomic E-state index is 12.6. The van der Waals surface area contributed by atoms with E-state index in [0.717, 1.165) is 51.9 Å². The first kappa shape index (κ1) is 20.2. The lowest BCUT2D eigenvalue weighted by Gasteiger charge is -2.23. The van der Waals surface area contributed by atoms with E-state index >= 15 is 0 Å². The van der Waals surface area contributed by atoms with Crippen molar-refractivity contribution in [3.8, 4) is 0 Å². The minimum absolute atomic E-state index is 0.0525. The van der Waals surface area contributed by atoms with Gasteiger partial charge in [0.1, 0.15) is 0 Å². The summed E-state index contributed by atoms with van der Waals surface area (Å²) >= 11 is 0. The van der Waals surface area contributed by atoms with Crippen molar-refractivity contribution in [1.29, 1.82) is 0 Å². The van der Waals surface area contributed by atoms with Crippen LogP contribution in [0, 0.1) is 0 Å². The molecule has 0 N–H and O–H groups in total. The molecule has 1 aromatic rings. The van der Waals surface area contributed by atoms with Crippen molar-refractivity contribution in [2.24, 2.45) is 0 Å². The lowest BCUT2D eigenvalue weighted by atomic mass is 10.1. The van der Waals surface area contributed by atoms with Crippen molar-refractivity contribution in [3.63, 3.8) is 0 Å². The summed E-state index contributed by atoms with van der Waals surface area (Å²) in [6.45, 7) is 11.4. The minimum atomic E-state index is 0.0525. The van der Waals surface area contributed by atoms with Crippen LogP contribution in [-0.4, -0.2) is 47.8 Å². The van der Waals surface area contributed by atoms with Gasteiger partial charge < -0.3 is 9.80 Å². The molecule has 1 aromatic carbocycles. The summed E-state index contributed by atoms with van der Waals surface area (Å²) < 4.78 is 0. The Hall–Kier alpha value is -1.84. The molecule has 24 heavy (non-hydrogen) atoms. The van der Waals surface area contributed by atoms with Crippen molar-refractivity contribution < 1.29 is 9.59 Å². The van der Waals surface area contributed by atoms with E-state index < -0.39 is 0 Å². The third-order valence-corrected chi connectivity index (χ3v) is 3.93. The molecule has 0 saturated heterocycles. The van der Waals surface area contributed by atoms with Crippen LogP contribution in [0.15, 0.2) is 24.3 Å². The van der Waals surface area contributed by atoms with E-state index in [9.17, 15) is 9.59 Å². The Morgan fingerprint density at radius 2 is 0.875 bits per heavy atom. The molecule has 0 aliphatic heterocycles. The van der Waals surface area contributed by atoms with E-state index in [1.165, 1.54) is 0 Å². The predicted octanol–water partition coefficient (Wildman–Crippen LogP) is 4.21. The van der Waals surface area contributed by atoms with Crippen LogP contribution in [-0.2, 0) is 0 Å². The zero-order valence-electron chi connectivity index (χ0n) is 15.7. The third-order valence-electron chi connectivity index (χ3n) is 3.93. The Labute approximate surface area is 146 Å². The minimum Gasteiger partial charge on any atom is -0.339 e. The lowest BCUT2D eigenvalue weighted by Crippen LogP contribution is -2.33. The number of amides is 2. The van der Waals surface area contributed by atoms with E-state index in [0.29, 0.717) is 11.1 Å². The molecule has 0 aromatic heterocycles. The number of benzene rings is 1. The Morgan fingerprint density at radius 3 is 1.08 bits per heavy atom. The molecule has 0 atom stereocenters. The summed E-state index contributed by atoms with van der Waals surface area (Å²) in [5, 5.41) is 0. The van der Waals surface area contributed by atoms with Crippen LogP contribution in [0.3, 0.4) is 0 Å². The van der Waals surface area contributed by atoms with Gasteiger partial charge in [0, 0.05) is 37.3 Å². The number of carbonyl (C=O) groups is 2. The molecule has 1 rings (SSSR count). The number of hydrogen-bond donors (Lipinski definition) is 0. The van der Waals surface area contributed by atoms with Crippen LogP contribution < -0.4 is 0 Å². The molecule has 2 amide bonds. The highest BCUT2D eigenvalue weighted by molar-refractivity contribution is 5.97. The number of carbonyl (C=O) groups excluding carboxylic acids is 2. The third kappa shape index (κ3) is 5.66. The zero-order chi connectivity index (χ0) is 17.9. The normalized spacial score (nSPS) is 10.5. The Balaban J connectivity index is 2.87. The van der Waals surface area contributed by atoms with Crippen LogP contribution >= 0.6 is 0 Å². The van der Waals surface area contributed by atoms with Gasteiger partial charge in [0.25, 0.3) is 11.8 Å². The molecule has 0 aliphatic carbocycles. The van der Waals surface area contributed by atoms with Crippen molar-refractivity contribution in [2.75, 3.05) is 26.2 Å². The maximum Gasteiger partial charge on any atom is 0.253 e. The highest BCUT2D eigenvalue weighted by Crippen LogP contribution is 2.12. The van der Waals surface area contributed by atoms with E-state index in [2.05, 4.69) is 27.7 Å². The number of hydrogen-bond acceptors (Lipinski definition) is 2. The lowest BCUT2D eigenvalue weighted by molar-refractivity contribution is 0.0743. The van der Waals surface area contributed by atoms with Gasteiger partial charge in [-0.15, -0.1) is 0 Å². The average molecular weight is 332 g/mol. The molecule has 0 aliphatic rings. The van der Waals surface area contributed by atoms with Crippen LogP contribution in [0.5, 0.6) is 0 Å². The molecule has 0 fully saturated rings. The predicted molar refractivity (Wildman–Crippen MR) is 99.4 cm³/mol. The largest absolute Gasteiger partial charge is 0.339 e.